The van der Waals surface area contributed by atoms with Crippen molar-refractivity contribution in [3.05, 3.63) is 35.4 Å². The normalized spacial score (nSPS) is 19.2. The molecule has 0 bridgehead atoms. The highest BCUT2D eigenvalue weighted by Crippen LogP contribution is 2.25. The molecule has 1 N–H and O–H groups in total. The van der Waals surface area contributed by atoms with Crippen LogP contribution in [0.1, 0.15) is 24.9 Å². The van der Waals surface area contributed by atoms with Gasteiger partial charge >= 0.3 is 0 Å². The first-order chi connectivity index (χ1) is 8.20. The Labute approximate surface area is 101 Å². The quantitative estimate of drug-likeness (QED) is 0.872. The molecule has 0 aliphatic carbocycles. The summed E-state index contributed by atoms with van der Waals surface area (Å²) in [5, 5.41) is 3.28. The number of nitrogens with zero attached hydrogens (tertiary/aromatic N) is 1. The molecule has 1 fully saturated rings. The Morgan fingerprint density at radius 1 is 1.18 bits per heavy atom. The van der Waals surface area contributed by atoms with Crippen molar-refractivity contribution in [1.29, 1.82) is 0 Å². The SMILES string of the molecule is CC[C@@H](c1cc(F)cc(F)c1)N1CCNCC1. The molecule has 1 aromatic rings. The number of rotatable bonds is 3. The number of piperazine rings is 1. The Morgan fingerprint density at radius 3 is 2.29 bits per heavy atom. The van der Waals surface area contributed by atoms with Gasteiger partial charge in [0.1, 0.15) is 11.6 Å². The van der Waals surface area contributed by atoms with Crippen LogP contribution in [-0.4, -0.2) is 31.1 Å². The summed E-state index contributed by atoms with van der Waals surface area (Å²) in [4.78, 5) is 2.28. The molecule has 1 aliphatic rings. The molecule has 1 aliphatic heterocycles. The largest absolute Gasteiger partial charge is 0.314 e. The summed E-state index contributed by atoms with van der Waals surface area (Å²) in [5.74, 6) is -0.984. The predicted octanol–water partition coefficient (Wildman–Crippen LogP) is 2.32. The second kappa shape index (κ2) is 5.56. The zero-order valence-electron chi connectivity index (χ0n) is 10.0. The van der Waals surface area contributed by atoms with Crippen molar-refractivity contribution >= 4 is 0 Å². The second-order valence-corrected chi connectivity index (χ2v) is 4.41. The lowest BCUT2D eigenvalue weighted by Crippen LogP contribution is -2.45. The molecule has 0 saturated carbocycles. The average Bonchev–Trinajstić information content (AvgIpc) is 2.30. The molecule has 17 heavy (non-hydrogen) atoms. The Bertz CT molecular complexity index is 355. The van der Waals surface area contributed by atoms with Gasteiger partial charge in [-0.05, 0) is 24.1 Å². The smallest absolute Gasteiger partial charge is 0.126 e. The first-order valence-corrected chi connectivity index (χ1v) is 6.11. The second-order valence-electron chi connectivity index (χ2n) is 4.41. The van der Waals surface area contributed by atoms with Crippen LogP contribution in [-0.2, 0) is 0 Å². The van der Waals surface area contributed by atoms with Gasteiger partial charge in [-0.2, -0.15) is 0 Å². The van der Waals surface area contributed by atoms with Crippen molar-refractivity contribution < 1.29 is 8.78 Å². The lowest BCUT2D eigenvalue weighted by molar-refractivity contribution is 0.169. The fourth-order valence-corrected chi connectivity index (χ4v) is 2.47. The van der Waals surface area contributed by atoms with Crippen molar-refractivity contribution in [2.24, 2.45) is 0 Å². The van der Waals surface area contributed by atoms with Crippen LogP contribution in [0.2, 0.25) is 0 Å². The molecule has 1 atom stereocenters. The fraction of sp³-hybridized carbons (Fsp3) is 0.538. The molecule has 2 nitrogen and oxygen atoms in total. The van der Waals surface area contributed by atoms with E-state index in [2.05, 4.69) is 17.1 Å². The van der Waals surface area contributed by atoms with Crippen LogP contribution in [0.25, 0.3) is 0 Å². The highest BCUT2D eigenvalue weighted by Gasteiger charge is 2.21. The standard InChI is InChI=1S/C13H18F2N2/c1-2-13(17-5-3-16-4-6-17)10-7-11(14)9-12(15)8-10/h7-9,13,16H,2-6H2,1H3/t13-/m0/s1. The Balaban J connectivity index is 2.21. The highest BCUT2D eigenvalue weighted by molar-refractivity contribution is 5.21. The lowest BCUT2D eigenvalue weighted by atomic mass is 10.0. The zero-order valence-corrected chi connectivity index (χ0v) is 10.0. The van der Waals surface area contributed by atoms with Gasteiger partial charge in [-0.25, -0.2) is 8.78 Å². The summed E-state index contributed by atoms with van der Waals surface area (Å²) in [6.45, 7) is 5.78. The molecule has 94 valence electrons. The van der Waals surface area contributed by atoms with E-state index in [0.29, 0.717) is 0 Å². The molecule has 1 saturated heterocycles. The minimum absolute atomic E-state index is 0.113. The van der Waals surface area contributed by atoms with Crippen LogP contribution in [0.4, 0.5) is 8.78 Å². The van der Waals surface area contributed by atoms with Gasteiger partial charge in [0.25, 0.3) is 0 Å². The van der Waals surface area contributed by atoms with Gasteiger partial charge in [0.05, 0.1) is 0 Å². The van der Waals surface area contributed by atoms with Gasteiger partial charge in [0.2, 0.25) is 0 Å². The van der Waals surface area contributed by atoms with E-state index in [1.807, 2.05) is 0 Å². The number of halogens is 2. The van der Waals surface area contributed by atoms with Gasteiger partial charge in [-0.1, -0.05) is 6.92 Å². The van der Waals surface area contributed by atoms with E-state index in [1.165, 1.54) is 12.1 Å². The van der Waals surface area contributed by atoms with Crippen molar-refractivity contribution in [3.63, 3.8) is 0 Å². The first kappa shape index (κ1) is 12.5. The number of nitrogens with one attached hydrogen (secondary N) is 1. The van der Waals surface area contributed by atoms with Crippen LogP contribution in [0.3, 0.4) is 0 Å². The van der Waals surface area contributed by atoms with E-state index in [-0.39, 0.29) is 6.04 Å². The van der Waals surface area contributed by atoms with Crippen molar-refractivity contribution in [2.75, 3.05) is 26.2 Å². The monoisotopic (exact) mass is 240 g/mol. The van der Waals surface area contributed by atoms with Crippen LogP contribution in [0, 0.1) is 11.6 Å². The fourth-order valence-electron chi connectivity index (χ4n) is 2.47. The van der Waals surface area contributed by atoms with Gasteiger partial charge < -0.3 is 5.32 Å². The van der Waals surface area contributed by atoms with E-state index in [4.69, 9.17) is 0 Å². The molecule has 0 aromatic heterocycles. The summed E-state index contributed by atoms with van der Waals surface area (Å²) in [6, 6.07) is 3.93. The maximum Gasteiger partial charge on any atom is 0.126 e. The molecule has 2 rings (SSSR count). The number of benzene rings is 1. The third-order valence-corrected chi connectivity index (χ3v) is 3.25. The van der Waals surface area contributed by atoms with Crippen molar-refractivity contribution in [1.82, 2.24) is 10.2 Å². The third-order valence-electron chi connectivity index (χ3n) is 3.25. The van der Waals surface area contributed by atoms with Crippen molar-refractivity contribution in [3.8, 4) is 0 Å². The summed E-state index contributed by atoms with van der Waals surface area (Å²) in [6.07, 6.45) is 0.864. The van der Waals surface area contributed by atoms with Crippen LogP contribution >= 0.6 is 0 Å². The Morgan fingerprint density at radius 2 is 1.76 bits per heavy atom. The van der Waals surface area contributed by atoms with Gasteiger partial charge in [0, 0.05) is 38.3 Å². The zero-order chi connectivity index (χ0) is 12.3. The first-order valence-electron chi connectivity index (χ1n) is 6.11. The number of hydrogen-bond acceptors (Lipinski definition) is 2. The topological polar surface area (TPSA) is 15.3 Å². The number of hydrogen-bond donors (Lipinski definition) is 1. The molecular formula is C13H18F2N2. The summed E-state index contributed by atoms with van der Waals surface area (Å²) < 4.78 is 26.4. The Kier molecular flexibility index (Phi) is 4.07. The van der Waals surface area contributed by atoms with E-state index >= 15 is 0 Å². The molecule has 0 radical (unpaired) electrons. The molecule has 0 unspecified atom stereocenters. The molecule has 4 heteroatoms. The minimum atomic E-state index is -0.492. The minimum Gasteiger partial charge on any atom is -0.314 e. The van der Waals surface area contributed by atoms with E-state index in [9.17, 15) is 8.78 Å². The molecular weight excluding hydrogens is 222 g/mol. The van der Waals surface area contributed by atoms with Crippen LogP contribution in [0.5, 0.6) is 0 Å². The third kappa shape index (κ3) is 3.01. The molecule has 1 heterocycles. The van der Waals surface area contributed by atoms with Gasteiger partial charge in [-0.3, -0.25) is 4.90 Å². The van der Waals surface area contributed by atoms with E-state index < -0.39 is 11.6 Å². The highest BCUT2D eigenvalue weighted by atomic mass is 19.1. The summed E-state index contributed by atoms with van der Waals surface area (Å²) in [7, 11) is 0. The maximum absolute atomic E-state index is 13.2. The van der Waals surface area contributed by atoms with Crippen LogP contribution < -0.4 is 5.32 Å². The van der Waals surface area contributed by atoms with E-state index in [0.717, 1.165) is 44.2 Å². The average molecular weight is 240 g/mol. The van der Waals surface area contributed by atoms with Crippen LogP contribution in [0.15, 0.2) is 18.2 Å². The molecule has 1 aromatic carbocycles. The predicted molar refractivity (Wildman–Crippen MR) is 63.8 cm³/mol. The van der Waals surface area contributed by atoms with Gasteiger partial charge in [0.15, 0.2) is 0 Å². The Hall–Kier alpha value is -1.00. The van der Waals surface area contributed by atoms with Gasteiger partial charge in [-0.15, -0.1) is 0 Å². The summed E-state index contributed by atoms with van der Waals surface area (Å²) in [5.41, 5.74) is 0.743. The van der Waals surface area contributed by atoms with Crippen molar-refractivity contribution in [2.45, 2.75) is 19.4 Å². The van der Waals surface area contributed by atoms with E-state index in [1.54, 1.807) is 0 Å². The molecule has 0 amide bonds. The maximum atomic E-state index is 13.2. The lowest BCUT2D eigenvalue weighted by Gasteiger charge is -2.34. The molecule has 0 spiro atoms. The summed E-state index contributed by atoms with van der Waals surface area (Å²) >= 11 is 0.